The number of nitrogens with one attached hydrogen (secondary N) is 1. The largest absolute Gasteiger partial charge is 0.334 e. The Kier molecular flexibility index (Phi) is 2.91. The van der Waals surface area contributed by atoms with Gasteiger partial charge in [-0.15, -0.1) is 5.10 Å². The Morgan fingerprint density at radius 3 is 2.88 bits per heavy atom. The van der Waals surface area contributed by atoms with E-state index in [1.54, 1.807) is 4.90 Å². The molecule has 0 bridgehead atoms. The van der Waals surface area contributed by atoms with Crippen LogP contribution in [0.5, 0.6) is 0 Å². The van der Waals surface area contributed by atoms with E-state index in [9.17, 15) is 4.79 Å². The van der Waals surface area contributed by atoms with E-state index in [1.165, 1.54) is 0 Å². The minimum atomic E-state index is -0.129. The first-order chi connectivity index (χ1) is 7.58. The summed E-state index contributed by atoms with van der Waals surface area (Å²) in [5.74, 6) is 1.11. The van der Waals surface area contributed by atoms with Gasteiger partial charge in [0.2, 0.25) is 5.82 Å². The molecule has 1 aliphatic heterocycles. The zero-order valence-corrected chi connectivity index (χ0v) is 9.60. The summed E-state index contributed by atoms with van der Waals surface area (Å²) in [6.45, 7) is 5.30. The summed E-state index contributed by atoms with van der Waals surface area (Å²) in [6, 6.07) is 0.0902. The van der Waals surface area contributed by atoms with Crippen LogP contribution in [-0.2, 0) is 0 Å². The van der Waals surface area contributed by atoms with Crippen molar-refractivity contribution in [2.75, 3.05) is 13.1 Å². The second-order valence-corrected chi connectivity index (χ2v) is 4.50. The van der Waals surface area contributed by atoms with Crippen LogP contribution in [0.1, 0.15) is 42.6 Å². The smallest absolute Gasteiger partial charge is 0.293 e. The Bertz CT molecular complexity index is 386. The Morgan fingerprint density at radius 2 is 2.38 bits per heavy atom. The molecule has 3 N–H and O–H groups in total. The Hall–Kier alpha value is -1.43. The van der Waals surface area contributed by atoms with Crippen LogP contribution in [0.25, 0.3) is 0 Å². The molecule has 0 aromatic carbocycles. The minimum Gasteiger partial charge on any atom is -0.334 e. The number of rotatable bonds is 2. The van der Waals surface area contributed by atoms with Crippen LogP contribution in [0, 0.1) is 0 Å². The van der Waals surface area contributed by atoms with Crippen LogP contribution in [0.2, 0.25) is 0 Å². The van der Waals surface area contributed by atoms with Gasteiger partial charge in [0.15, 0.2) is 0 Å². The highest BCUT2D eigenvalue weighted by molar-refractivity contribution is 5.90. The fourth-order valence-corrected chi connectivity index (χ4v) is 1.74. The molecule has 0 unspecified atom stereocenters. The molecular formula is C10H17N5O. The number of hydrogen-bond donors (Lipinski definition) is 2. The zero-order chi connectivity index (χ0) is 11.7. The Morgan fingerprint density at radius 1 is 1.62 bits per heavy atom. The first-order valence-corrected chi connectivity index (χ1v) is 5.55. The molecule has 0 aliphatic carbocycles. The van der Waals surface area contributed by atoms with Crippen molar-refractivity contribution in [2.24, 2.45) is 5.73 Å². The van der Waals surface area contributed by atoms with Crippen LogP contribution in [0.4, 0.5) is 0 Å². The van der Waals surface area contributed by atoms with Gasteiger partial charge in [-0.1, -0.05) is 13.8 Å². The third-order valence-corrected chi connectivity index (χ3v) is 2.75. The maximum atomic E-state index is 12.0. The van der Waals surface area contributed by atoms with Gasteiger partial charge in [0, 0.05) is 25.0 Å². The molecule has 1 aromatic rings. The number of likely N-dealkylation sites (tertiary alicyclic amines) is 1. The summed E-state index contributed by atoms with van der Waals surface area (Å²) in [5.41, 5.74) is 5.75. The van der Waals surface area contributed by atoms with Crippen LogP contribution < -0.4 is 5.73 Å². The van der Waals surface area contributed by atoms with E-state index in [0.29, 0.717) is 13.1 Å². The maximum Gasteiger partial charge on any atom is 0.293 e. The Balaban J connectivity index is 2.09. The van der Waals surface area contributed by atoms with Crippen molar-refractivity contribution in [2.45, 2.75) is 32.2 Å². The van der Waals surface area contributed by atoms with Crippen molar-refractivity contribution in [3.63, 3.8) is 0 Å². The number of nitrogens with two attached hydrogens (primary N) is 1. The van der Waals surface area contributed by atoms with E-state index in [1.807, 2.05) is 13.8 Å². The average molecular weight is 223 g/mol. The fourth-order valence-electron chi connectivity index (χ4n) is 1.74. The molecule has 16 heavy (non-hydrogen) atoms. The summed E-state index contributed by atoms with van der Waals surface area (Å²) in [5, 5.41) is 6.72. The van der Waals surface area contributed by atoms with Crippen LogP contribution >= 0.6 is 0 Å². The topological polar surface area (TPSA) is 87.9 Å². The lowest BCUT2D eigenvalue weighted by atomic mass is 10.2. The zero-order valence-electron chi connectivity index (χ0n) is 9.60. The first kappa shape index (κ1) is 11.1. The van der Waals surface area contributed by atoms with Gasteiger partial charge in [-0.25, -0.2) is 4.98 Å². The molecule has 1 fully saturated rings. The molecule has 6 heteroatoms. The van der Waals surface area contributed by atoms with Gasteiger partial charge in [-0.3, -0.25) is 9.89 Å². The van der Waals surface area contributed by atoms with Gasteiger partial charge in [0.1, 0.15) is 5.82 Å². The predicted molar refractivity (Wildman–Crippen MR) is 59.0 cm³/mol. The van der Waals surface area contributed by atoms with Gasteiger partial charge < -0.3 is 10.6 Å². The van der Waals surface area contributed by atoms with Crippen LogP contribution in [0.3, 0.4) is 0 Å². The summed E-state index contributed by atoms with van der Waals surface area (Å²) in [4.78, 5) is 17.8. The highest BCUT2D eigenvalue weighted by atomic mass is 16.2. The number of aromatic nitrogens is 3. The molecule has 1 aromatic heterocycles. The number of carbonyl (C=O) groups excluding carboxylic acids is 1. The van der Waals surface area contributed by atoms with E-state index >= 15 is 0 Å². The minimum absolute atomic E-state index is 0.0902. The normalized spacial score (nSPS) is 20.8. The highest BCUT2D eigenvalue weighted by Gasteiger charge is 2.27. The third kappa shape index (κ3) is 2.06. The molecule has 1 aliphatic rings. The Labute approximate surface area is 94.2 Å². The number of amides is 1. The van der Waals surface area contributed by atoms with E-state index in [2.05, 4.69) is 15.2 Å². The molecule has 1 amide bonds. The maximum absolute atomic E-state index is 12.0. The highest BCUT2D eigenvalue weighted by Crippen LogP contribution is 2.12. The van der Waals surface area contributed by atoms with E-state index < -0.39 is 0 Å². The molecule has 0 spiro atoms. The quantitative estimate of drug-likeness (QED) is 0.744. The number of hydrogen-bond acceptors (Lipinski definition) is 4. The van der Waals surface area contributed by atoms with Gasteiger partial charge in [-0.2, -0.15) is 0 Å². The van der Waals surface area contributed by atoms with Crippen molar-refractivity contribution in [3.05, 3.63) is 11.6 Å². The SMILES string of the molecule is CC(C)c1nc(C(=O)N2CC[C@@H](N)C2)n[nH]1. The summed E-state index contributed by atoms with van der Waals surface area (Å²) in [7, 11) is 0. The number of aromatic amines is 1. The summed E-state index contributed by atoms with van der Waals surface area (Å²) < 4.78 is 0. The molecule has 6 nitrogen and oxygen atoms in total. The van der Waals surface area contributed by atoms with Crippen LogP contribution in [-0.4, -0.2) is 45.1 Å². The number of nitrogens with zero attached hydrogens (tertiary/aromatic N) is 3. The fraction of sp³-hybridized carbons (Fsp3) is 0.700. The standard InChI is InChI=1S/C10H17N5O/c1-6(2)8-12-9(14-13-8)10(16)15-4-3-7(11)5-15/h6-7H,3-5,11H2,1-2H3,(H,12,13,14)/t7-/m1/s1. The number of H-pyrrole nitrogens is 1. The number of carbonyl (C=O) groups is 1. The van der Waals surface area contributed by atoms with Crippen molar-refractivity contribution in [1.82, 2.24) is 20.1 Å². The second-order valence-electron chi connectivity index (χ2n) is 4.50. The molecule has 88 valence electrons. The second kappa shape index (κ2) is 4.21. The molecule has 2 heterocycles. The van der Waals surface area contributed by atoms with E-state index in [-0.39, 0.29) is 23.7 Å². The average Bonchev–Trinajstić information content (AvgIpc) is 2.84. The van der Waals surface area contributed by atoms with Gasteiger partial charge in [0.25, 0.3) is 5.91 Å². The van der Waals surface area contributed by atoms with Crippen molar-refractivity contribution in [1.29, 1.82) is 0 Å². The molecule has 0 radical (unpaired) electrons. The van der Waals surface area contributed by atoms with Crippen molar-refractivity contribution in [3.8, 4) is 0 Å². The molecule has 0 saturated carbocycles. The molecule has 2 rings (SSSR count). The lowest BCUT2D eigenvalue weighted by Gasteiger charge is -2.12. The van der Waals surface area contributed by atoms with Crippen molar-refractivity contribution < 1.29 is 4.79 Å². The van der Waals surface area contributed by atoms with Gasteiger partial charge >= 0.3 is 0 Å². The summed E-state index contributed by atoms with van der Waals surface area (Å²) in [6.07, 6.45) is 0.854. The molecule has 1 atom stereocenters. The third-order valence-electron chi connectivity index (χ3n) is 2.75. The van der Waals surface area contributed by atoms with E-state index in [0.717, 1.165) is 12.2 Å². The summed E-state index contributed by atoms with van der Waals surface area (Å²) >= 11 is 0. The predicted octanol–water partition coefficient (Wildman–Crippen LogP) is 0.101. The monoisotopic (exact) mass is 223 g/mol. The van der Waals surface area contributed by atoms with Gasteiger partial charge in [-0.05, 0) is 6.42 Å². The van der Waals surface area contributed by atoms with Crippen LogP contribution in [0.15, 0.2) is 0 Å². The van der Waals surface area contributed by atoms with Crippen molar-refractivity contribution >= 4 is 5.91 Å². The molecule has 1 saturated heterocycles. The lowest BCUT2D eigenvalue weighted by molar-refractivity contribution is 0.0779. The lowest BCUT2D eigenvalue weighted by Crippen LogP contribution is -2.32. The molecular weight excluding hydrogens is 206 g/mol. The van der Waals surface area contributed by atoms with Gasteiger partial charge in [0.05, 0.1) is 0 Å². The first-order valence-electron chi connectivity index (χ1n) is 5.55. The van der Waals surface area contributed by atoms with E-state index in [4.69, 9.17) is 5.73 Å².